The maximum Gasteiger partial charge on any atom is 0.226 e. The highest BCUT2D eigenvalue weighted by molar-refractivity contribution is 9.10. The van der Waals surface area contributed by atoms with Crippen LogP contribution < -0.4 is 16.0 Å². The van der Waals surface area contributed by atoms with Gasteiger partial charge in [0.1, 0.15) is 0 Å². The number of carbonyl (C=O) groups excluding carboxylic acids is 1. The molecule has 0 saturated heterocycles. The third-order valence-electron chi connectivity index (χ3n) is 4.14. The number of ether oxygens (including phenoxy) is 1. The van der Waals surface area contributed by atoms with Gasteiger partial charge in [-0.25, -0.2) is 0 Å². The Morgan fingerprint density at radius 2 is 2.08 bits per heavy atom. The SMILES string of the molecule is CN=C(NCCCOCC1CC1)NCCC(=O)Nc1ccc(Br)cc1C. The van der Waals surface area contributed by atoms with Gasteiger partial charge in [-0.05, 0) is 55.9 Å². The summed E-state index contributed by atoms with van der Waals surface area (Å²) in [5, 5.41) is 9.33. The molecular weight excluding hydrogens is 396 g/mol. The molecular formula is C19H29BrN4O2. The first-order chi connectivity index (χ1) is 12.6. The van der Waals surface area contributed by atoms with E-state index in [0.717, 1.165) is 47.8 Å². The molecule has 7 heteroatoms. The topological polar surface area (TPSA) is 74.8 Å². The van der Waals surface area contributed by atoms with E-state index in [-0.39, 0.29) is 5.91 Å². The second-order valence-electron chi connectivity index (χ2n) is 6.56. The standard InChI is InChI=1S/C19H29BrN4O2/c1-14-12-16(20)6-7-17(14)24-18(25)8-10-23-19(21-2)22-9-3-11-26-13-15-4-5-15/h6-7,12,15H,3-5,8-11,13H2,1-2H3,(H,24,25)(H2,21,22,23). The lowest BCUT2D eigenvalue weighted by atomic mass is 10.2. The molecule has 0 spiro atoms. The molecule has 0 unspecified atom stereocenters. The van der Waals surface area contributed by atoms with Crippen LogP contribution in [0.4, 0.5) is 5.69 Å². The van der Waals surface area contributed by atoms with Crippen LogP contribution >= 0.6 is 15.9 Å². The summed E-state index contributed by atoms with van der Waals surface area (Å²) < 4.78 is 6.61. The predicted molar refractivity (Wildman–Crippen MR) is 110 cm³/mol. The van der Waals surface area contributed by atoms with E-state index in [1.807, 2.05) is 25.1 Å². The minimum atomic E-state index is -0.0214. The smallest absolute Gasteiger partial charge is 0.226 e. The number of aryl methyl sites for hydroxylation is 1. The van der Waals surface area contributed by atoms with Gasteiger partial charge in [-0.15, -0.1) is 0 Å². The molecule has 1 aliphatic rings. The molecule has 6 nitrogen and oxygen atoms in total. The number of hydrogen-bond acceptors (Lipinski definition) is 3. The van der Waals surface area contributed by atoms with Crippen molar-refractivity contribution in [2.24, 2.45) is 10.9 Å². The molecule has 3 N–H and O–H groups in total. The molecule has 0 bridgehead atoms. The average molecular weight is 425 g/mol. The summed E-state index contributed by atoms with van der Waals surface area (Å²) in [6, 6.07) is 5.80. The minimum Gasteiger partial charge on any atom is -0.381 e. The van der Waals surface area contributed by atoms with E-state index in [0.29, 0.717) is 18.9 Å². The quantitative estimate of drug-likeness (QED) is 0.306. The molecule has 0 aliphatic heterocycles. The van der Waals surface area contributed by atoms with Crippen LogP contribution in [0.3, 0.4) is 0 Å². The number of hydrogen-bond donors (Lipinski definition) is 3. The summed E-state index contributed by atoms with van der Waals surface area (Å²) in [4.78, 5) is 16.2. The summed E-state index contributed by atoms with van der Waals surface area (Å²) in [5.41, 5.74) is 1.87. The van der Waals surface area contributed by atoms with Crippen molar-refractivity contribution in [3.63, 3.8) is 0 Å². The second-order valence-corrected chi connectivity index (χ2v) is 7.47. The number of halogens is 1. The zero-order valence-corrected chi connectivity index (χ0v) is 17.2. The normalized spacial score (nSPS) is 14.2. The van der Waals surface area contributed by atoms with Crippen molar-refractivity contribution in [3.8, 4) is 0 Å². The second kappa shape index (κ2) is 11.2. The summed E-state index contributed by atoms with van der Waals surface area (Å²) >= 11 is 3.42. The van der Waals surface area contributed by atoms with Crippen LogP contribution in [0.15, 0.2) is 27.7 Å². The number of nitrogens with one attached hydrogen (secondary N) is 3. The van der Waals surface area contributed by atoms with Crippen molar-refractivity contribution in [2.45, 2.75) is 32.6 Å². The molecule has 1 amide bonds. The monoisotopic (exact) mass is 424 g/mol. The van der Waals surface area contributed by atoms with E-state index in [1.54, 1.807) is 7.05 Å². The number of guanidine groups is 1. The average Bonchev–Trinajstić information content (AvgIpc) is 3.43. The van der Waals surface area contributed by atoms with Crippen molar-refractivity contribution in [1.29, 1.82) is 0 Å². The Kier molecular flexibility index (Phi) is 8.91. The van der Waals surface area contributed by atoms with Crippen molar-refractivity contribution >= 4 is 33.5 Å². The fourth-order valence-corrected chi connectivity index (χ4v) is 2.89. The van der Waals surface area contributed by atoms with Crippen LogP contribution in [-0.4, -0.2) is 45.2 Å². The lowest BCUT2D eigenvalue weighted by Crippen LogP contribution is -2.39. The van der Waals surface area contributed by atoms with Crippen LogP contribution in [0, 0.1) is 12.8 Å². The number of rotatable bonds is 10. The molecule has 2 rings (SSSR count). The lowest BCUT2D eigenvalue weighted by Gasteiger charge is -2.12. The minimum absolute atomic E-state index is 0.0214. The van der Waals surface area contributed by atoms with Crippen molar-refractivity contribution in [2.75, 3.05) is 38.7 Å². The Morgan fingerprint density at radius 3 is 2.77 bits per heavy atom. The highest BCUT2D eigenvalue weighted by Gasteiger charge is 2.20. The number of anilines is 1. The molecule has 1 fully saturated rings. The molecule has 1 aromatic rings. The van der Waals surface area contributed by atoms with Crippen LogP contribution in [0.2, 0.25) is 0 Å². The Morgan fingerprint density at radius 1 is 1.31 bits per heavy atom. The Hall–Kier alpha value is -1.60. The van der Waals surface area contributed by atoms with Crippen LogP contribution in [0.1, 0.15) is 31.2 Å². The first-order valence-corrected chi connectivity index (χ1v) is 9.96. The third-order valence-corrected chi connectivity index (χ3v) is 4.63. The van der Waals surface area contributed by atoms with E-state index >= 15 is 0 Å². The molecule has 0 radical (unpaired) electrons. The van der Waals surface area contributed by atoms with Gasteiger partial charge in [0.25, 0.3) is 0 Å². The first kappa shape index (κ1) is 20.7. The van der Waals surface area contributed by atoms with Gasteiger partial charge >= 0.3 is 0 Å². The van der Waals surface area contributed by atoms with Gasteiger partial charge < -0.3 is 20.7 Å². The summed E-state index contributed by atoms with van der Waals surface area (Å²) in [6.07, 6.45) is 3.96. The molecule has 144 valence electrons. The largest absolute Gasteiger partial charge is 0.381 e. The maximum atomic E-state index is 12.1. The highest BCUT2D eigenvalue weighted by Crippen LogP contribution is 2.28. The van der Waals surface area contributed by atoms with Gasteiger partial charge in [0.15, 0.2) is 5.96 Å². The molecule has 1 aromatic carbocycles. The summed E-state index contributed by atoms with van der Waals surface area (Å²) in [5.74, 6) is 1.50. The zero-order valence-electron chi connectivity index (χ0n) is 15.6. The van der Waals surface area contributed by atoms with E-state index in [4.69, 9.17) is 4.74 Å². The first-order valence-electron chi connectivity index (χ1n) is 9.16. The van der Waals surface area contributed by atoms with Crippen LogP contribution in [-0.2, 0) is 9.53 Å². The predicted octanol–water partition coefficient (Wildman–Crippen LogP) is 3.07. The molecule has 1 saturated carbocycles. The van der Waals surface area contributed by atoms with E-state index in [9.17, 15) is 4.79 Å². The van der Waals surface area contributed by atoms with Gasteiger partial charge in [-0.3, -0.25) is 9.79 Å². The Balaban J connectivity index is 1.56. The van der Waals surface area contributed by atoms with Gasteiger partial charge in [0.2, 0.25) is 5.91 Å². The number of amides is 1. The molecule has 0 aromatic heterocycles. The van der Waals surface area contributed by atoms with E-state index in [2.05, 4.69) is 36.9 Å². The summed E-state index contributed by atoms with van der Waals surface area (Å²) in [7, 11) is 1.73. The molecule has 1 aliphatic carbocycles. The van der Waals surface area contributed by atoms with Gasteiger partial charge in [0, 0.05) is 49.9 Å². The number of benzene rings is 1. The van der Waals surface area contributed by atoms with Gasteiger partial charge in [-0.1, -0.05) is 15.9 Å². The van der Waals surface area contributed by atoms with E-state index < -0.39 is 0 Å². The molecule has 0 atom stereocenters. The van der Waals surface area contributed by atoms with Crippen LogP contribution in [0.5, 0.6) is 0 Å². The van der Waals surface area contributed by atoms with Crippen molar-refractivity contribution in [3.05, 3.63) is 28.2 Å². The highest BCUT2D eigenvalue weighted by atomic mass is 79.9. The van der Waals surface area contributed by atoms with E-state index in [1.165, 1.54) is 12.8 Å². The Bertz CT molecular complexity index is 618. The van der Waals surface area contributed by atoms with Crippen molar-refractivity contribution < 1.29 is 9.53 Å². The van der Waals surface area contributed by atoms with Crippen molar-refractivity contribution in [1.82, 2.24) is 10.6 Å². The number of aliphatic imine (C=N–C) groups is 1. The summed E-state index contributed by atoms with van der Waals surface area (Å²) in [6.45, 7) is 4.97. The Labute approximate surface area is 164 Å². The van der Waals surface area contributed by atoms with Gasteiger partial charge in [-0.2, -0.15) is 0 Å². The number of nitrogens with zero attached hydrogens (tertiary/aromatic N) is 1. The lowest BCUT2D eigenvalue weighted by molar-refractivity contribution is -0.116. The fourth-order valence-electron chi connectivity index (χ4n) is 2.41. The number of carbonyl (C=O) groups is 1. The molecule has 26 heavy (non-hydrogen) atoms. The fraction of sp³-hybridized carbons (Fsp3) is 0.579. The maximum absolute atomic E-state index is 12.1. The third kappa shape index (κ3) is 8.19. The molecule has 0 heterocycles. The van der Waals surface area contributed by atoms with Crippen LogP contribution in [0.25, 0.3) is 0 Å². The van der Waals surface area contributed by atoms with Gasteiger partial charge in [0.05, 0.1) is 0 Å². The zero-order chi connectivity index (χ0) is 18.8.